The summed E-state index contributed by atoms with van der Waals surface area (Å²) < 4.78 is 3.63. The van der Waals surface area contributed by atoms with E-state index in [-0.39, 0.29) is 5.56 Å². The molecule has 2 heterocycles. The molecule has 0 saturated carbocycles. The van der Waals surface area contributed by atoms with Gasteiger partial charge in [0, 0.05) is 23.5 Å². The van der Waals surface area contributed by atoms with Gasteiger partial charge in [-0.1, -0.05) is 41.6 Å². The van der Waals surface area contributed by atoms with Crippen molar-refractivity contribution in [2.45, 2.75) is 25.2 Å². The van der Waals surface area contributed by atoms with Gasteiger partial charge in [0.05, 0.1) is 12.1 Å². The number of rotatable bonds is 7. The van der Waals surface area contributed by atoms with E-state index in [9.17, 15) is 4.79 Å². The van der Waals surface area contributed by atoms with Crippen molar-refractivity contribution in [1.29, 1.82) is 0 Å². The number of thioether (sulfide) groups is 1. The molecule has 3 rings (SSSR count). The van der Waals surface area contributed by atoms with E-state index in [1.54, 1.807) is 28.6 Å². The van der Waals surface area contributed by atoms with E-state index in [1.165, 1.54) is 0 Å². The monoisotopic (exact) mass is 386 g/mol. The highest BCUT2D eigenvalue weighted by Gasteiger charge is 2.16. The zero-order valence-electron chi connectivity index (χ0n) is 14.4. The van der Waals surface area contributed by atoms with Crippen molar-refractivity contribution in [3.63, 3.8) is 0 Å². The highest BCUT2D eigenvalue weighted by molar-refractivity contribution is 7.99. The van der Waals surface area contributed by atoms with E-state index in [2.05, 4.69) is 16.8 Å². The van der Waals surface area contributed by atoms with Crippen LogP contribution in [0.2, 0.25) is 5.02 Å². The number of nitrogens with zero attached hydrogens (tertiary/aromatic N) is 4. The van der Waals surface area contributed by atoms with Crippen molar-refractivity contribution in [3.05, 3.63) is 76.2 Å². The second kappa shape index (κ2) is 8.38. The Morgan fingerprint density at radius 2 is 2.00 bits per heavy atom. The van der Waals surface area contributed by atoms with Crippen molar-refractivity contribution in [2.24, 2.45) is 0 Å². The minimum absolute atomic E-state index is 0.0928. The van der Waals surface area contributed by atoms with Gasteiger partial charge in [-0.15, -0.1) is 16.8 Å². The number of halogens is 1. The van der Waals surface area contributed by atoms with Crippen LogP contribution in [0.25, 0.3) is 11.4 Å². The maximum Gasteiger partial charge on any atom is 0.261 e. The zero-order chi connectivity index (χ0) is 18.5. The second-order valence-electron chi connectivity index (χ2n) is 5.63. The summed E-state index contributed by atoms with van der Waals surface area (Å²) in [6, 6.07) is 11.1. The molecule has 0 unspecified atom stereocenters. The summed E-state index contributed by atoms with van der Waals surface area (Å²) in [7, 11) is 0. The van der Waals surface area contributed by atoms with Crippen molar-refractivity contribution < 1.29 is 0 Å². The Morgan fingerprint density at radius 1 is 1.23 bits per heavy atom. The van der Waals surface area contributed by atoms with Gasteiger partial charge >= 0.3 is 0 Å². The minimum Gasteiger partial charge on any atom is -0.310 e. The molecule has 0 aliphatic heterocycles. The SMILES string of the molecule is C=CCSc1nnc(-c2cccn(Cc3ccc(Cl)cc3)c2=O)n1CC. The molecule has 0 atom stereocenters. The van der Waals surface area contributed by atoms with E-state index in [0.29, 0.717) is 29.5 Å². The third-order valence-corrected chi connectivity index (χ3v) is 5.11. The van der Waals surface area contributed by atoms with E-state index in [0.717, 1.165) is 16.5 Å². The summed E-state index contributed by atoms with van der Waals surface area (Å²) in [5.74, 6) is 1.34. The molecule has 0 aliphatic rings. The van der Waals surface area contributed by atoms with Crippen LogP contribution < -0.4 is 5.56 Å². The fourth-order valence-electron chi connectivity index (χ4n) is 2.63. The first-order valence-electron chi connectivity index (χ1n) is 8.25. The first-order chi connectivity index (χ1) is 12.6. The fourth-order valence-corrected chi connectivity index (χ4v) is 3.49. The first kappa shape index (κ1) is 18.5. The molecule has 0 fully saturated rings. The lowest BCUT2D eigenvalue weighted by Crippen LogP contribution is -2.22. The first-order valence-corrected chi connectivity index (χ1v) is 9.61. The van der Waals surface area contributed by atoms with Gasteiger partial charge in [-0.05, 0) is 36.8 Å². The Bertz CT molecular complexity index is 962. The van der Waals surface area contributed by atoms with Gasteiger partial charge in [0.2, 0.25) is 0 Å². The number of benzene rings is 1. The molecule has 0 bridgehead atoms. The average molecular weight is 387 g/mol. The van der Waals surface area contributed by atoms with Gasteiger partial charge in [-0.25, -0.2) is 0 Å². The molecule has 3 aromatic rings. The van der Waals surface area contributed by atoms with Crippen LogP contribution in [-0.2, 0) is 13.1 Å². The van der Waals surface area contributed by atoms with Crippen molar-refractivity contribution in [1.82, 2.24) is 19.3 Å². The lowest BCUT2D eigenvalue weighted by molar-refractivity contribution is 0.685. The van der Waals surface area contributed by atoms with Gasteiger partial charge < -0.3 is 9.13 Å². The van der Waals surface area contributed by atoms with Crippen LogP contribution in [0.1, 0.15) is 12.5 Å². The van der Waals surface area contributed by atoms with Crippen molar-refractivity contribution in [2.75, 3.05) is 5.75 Å². The minimum atomic E-state index is -0.0928. The Morgan fingerprint density at radius 3 is 2.69 bits per heavy atom. The second-order valence-corrected chi connectivity index (χ2v) is 7.06. The molecular weight excluding hydrogens is 368 g/mol. The molecular formula is C19H19ClN4OS. The molecule has 5 nitrogen and oxygen atoms in total. The Hall–Kier alpha value is -2.31. The summed E-state index contributed by atoms with van der Waals surface area (Å²) in [5.41, 5.74) is 1.46. The molecule has 26 heavy (non-hydrogen) atoms. The summed E-state index contributed by atoms with van der Waals surface area (Å²) in [4.78, 5) is 13.0. The standard InChI is InChI=1S/C19H19ClN4OS/c1-3-12-26-19-22-21-17(24(19)4-2)16-6-5-11-23(18(16)25)13-14-7-9-15(20)10-8-14/h3,5-11H,1,4,12-13H2,2H3. The molecule has 0 saturated heterocycles. The number of aromatic nitrogens is 4. The molecule has 7 heteroatoms. The molecule has 0 spiro atoms. The van der Waals surface area contributed by atoms with Crippen LogP contribution in [-0.4, -0.2) is 25.1 Å². The number of hydrogen-bond acceptors (Lipinski definition) is 4. The smallest absolute Gasteiger partial charge is 0.261 e. The topological polar surface area (TPSA) is 52.7 Å². The van der Waals surface area contributed by atoms with Gasteiger partial charge in [-0.2, -0.15) is 0 Å². The van der Waals surface area contributed by atoms with Gasteiger partial charge in [0.1, 0.15) is 0 Å². The lowest BCUT2D eigenvalue weighted by Gasteiger charge is -2.10. The number of hydrogen-bond donors (Lipinski definition) is 0. The average Bonchev–Trinajstić information content (AvgIpc) is 3.06. The normalized spacial score (nSPS) is 10.8. The van der Waals surface area contributed by atoms with Crippen LogP contribution in [0.15, 0.2) is 65.2 Å². The van der Waals surface area contributed by atoms with Crippen LogP contribution in [0.4, 0.5) is 0 Å². The largest absolute Gasteiger partial charge is 0.310 e. The third kappa shape index (κ3) is 3.92. The summed E-state index contributed by atoms with van der Waals surface area (Å²) in [5, 5.41) is 9.95. The highest BCUT2D eigenvalue weighted by atomic mass is 35.5. The van der Waals surface area contributed by atoms with Gasteiger partial charge in [0.15, 0.2) is 11.0 Å². The van der Waals surface area contributed by atoms with Crippen molar-refractivity contribution >= 4 is 23.4 Å². The molecule has 0 N–H and O–H groups in total. The van der Waals surface area contributed by atoms with Crippen LogP contribution in [0.3, 0.4) is 0 Å². The quantitative estimate of drug-likeness (QED) is 0.453. The maximum atomic E-state index is 13.0. The summed E-state index contributed by atoms with van der Waals surface area (Å²) in [6.07, 6.45) is 3.60. The fraction of sp³-hybridized carbons (Fsp3) is 0.211. The predicted molar refractivity (Wildman–Crippen MR) is 107 cm³/mol. The predicted octanol–water partition coefficient (Wildman–Crippen LogP) is 4.11. The summed E-state index contributed by atoms with van der Waals surface area (Å²) in [6.45, 7) is 6.90. The molecule has 0 radical (unpaired) electrons. The zero-order valence-corrected chi connectivity index (χ0v) is 16.0. The van der Waals surface area contributed by atoms with Crippen molar-refractivity contribution in [3.8, 4) is 11.4 Å². The van der Waals surface area contributed by atoms with E-state index in [1.807, 2.05) is 47.9 Å². The van der Waals surface area contributed by atoms with E-state index >= 15 is 0 Å². The Kier molecular flexibility index (Phi) is 5.96. The molecule has 0 aliphatic carbocycles. The van der Waals surface area contributed by atoms with E-state index < -0.39 is 0 Å². The Balaban J connectivity index is 1.97. The number of pyridine rings is 1. The van der Waals surface area contributed by atoms with Crippen LogP contribution in [0, 0.1) is 0 Å². The molecule has 2 aromatic heterocycles. The molecule has 1 aromatic carbocycles. The molecule has 134 valence electrons. The van der Waals surface area contributed by atoms with Gasteiger partial charge in [0.25, 0.3) is 5.56 Å². The highest BCUT2D eigenvalue weighted by Crippen LogP contribution is 2.22. The van der Waals surface area contributed by atoms with Gasteiger partial charge in [-0.3, -0.25) is 4.79 Å². The third-order valence-electron chi connectivity index (χ3n) is 3.89. The van der Waals surface area contributed by atoms with Crippen LogP contribution >= 0.6 is 23.4 Å². The Labute approximate surface area is 161 Å². The maximum absolute atomic E-state index is 13.0. The molecule has 0 amide bonds. The summed E-state index contributed by atoms with van der Waals surface area (Å²) >= 11 is 7.48. The lowest BCUT2D eigenvalue weighted by atomic mass is 10.2. The van der Waals surface area contributed by atoms with Crippen LogP contribution in [0.5, 0.6) is 0 Å². The van der Waals surface area contributed by atoms with E-state index in [4.69, 9.17) is 11.6 Å².